The van der Waals surface area contributed by atoms with Gasteiger partial charge in [0.25, 0.3) is 5.56 Å². The van der Waals surface area contributed by atoms with Gasteiger partial charge in [0.2, 0.25) is 0 Å². The van der Waals surface area contributed by atoms with E-state index in [1.165, 1.54) is 25.2 Å². The van der Waals surface area contributed by atoms with Crippen LogP contribution in [-0.2, 0) is 18.0 Å². The van der Waals surface area contributed by atoms with Crippen molar-refractivity contribution in [1.82, 2.24) is 9.78 Å². The van der Waals surface area contributed by atoms with Gasteiger partial charge in [-0.05, 0) is 18.2 Å². The van der Waals surface area contributed by atoms with Gasteiger partial charge >= 0.3 is 12.1 Å². The quantitative estimate of drug-likeness (QED) is 0.506. The molecule has 0 radical (unpaired) electrons. The Bertz CT molecular complexity index is 1140. The highest BCUT2D eigenvalue weighted by Crippen LogP contribution is 2.29. The summed E-state index contributed by atoms with van der Waals surface area (Å²) in [7, 11) is 1.36. The van der Waals surface area contributed by atoms with Crippen molar-refractivity contribution in [3.63, 3.8) is 0 Å². The topological polar surface area (TPSA) is 78.3 Å². The van der Waals surface area contributed by atoms with E-state index in [-0.39, 0.29) is 22.0 Å². The van der Waals surface area contributed by atoms with E-state index in [1.54, 1.807) is 12.1 Å². The number of Topliss-reactive ketones (excluding diaryl/α,β-unsaturated/α-hetero) is 1. The highest BCUT2D eigenvalue weighted by molar-refractivity contribution is 6.04. The van der Waals surface area contributed by atoms with E-state index < -0.39 is 35.7 Å². The van der Waals surface area contributed by atoms with Crippen molar-refractivity contribution in [2.45, 2.75) is 6.18 Å². The summed E-state index contributed by atoms with van der Waals surface area (Å²) in [6.45, 7) is -0.765. The molecule has 0 fully saturated rings. The minimum atomic E-state index is -4.59. The highest BCUT2D eigenvalue weighted by Gasteiger charge is 2.31. The van der Waals surface area contributed by atoms with Crippen LogP contribution < -0.4 is 5.56 Å². The third-order valence-electron chi connectivity index (χ3n) is 4.00. The molecule has 0 bridgehead atoms. The summed E-state index contributed by atoms with van der Waals surface area (Å²) in [6.07, 6.45) is -4.59. The summed E-state index contributed by atoms with van der Waals surface area (Å²) in [4.78, 5) is 36.5. The molecule has 0 N–H and O–H groups in total. The number of carbonyl (C=O) groups excluding carboxylic acids is 2. The second-order valence-electron chi connectivity index (χ2n) is 5.90. The number of aromatic nitrogens is 2. The lowest BCUT2D eigenvalue weighted by molar-refractivity contribution is -0.137. The van der Waals surface area contributed by atoms with E-state index in [0.717, 1.165) is 16.8 Å². The van der Waals surface area contributed by atoms with Gasteiger partial charge in [-0.25, -0.2) is 9.48 Å². The van der Waals surface area contributed by atoms with E-state index >= 15 is 0 Å². The van der Waals surface area contributed by atoms with Gasteiger partial charge in [0.1, 0.15) is 0 Å². The Kier molecular flexibility index (Phi) is 5.00. The Morgan fingerprint density at radius 2 is 1.75 bits per heavy atom. The third-order valence-corrected chi connectivity index (χ3v) is 4.00. The van der Waals surface area contributed by atoms with E-state index in [9.17, 15) is 27.6 Å². The van der Waals surface area contributed by atoms with Crippen LogP contribution in [0.25, 0.3) is 10.8 Å². The van der Waals surface area contributed by atoms with Gasteiger partial charge in [0.15, 0.2) is 18.1 Å². The molecule has 1 heterocycles. The molecule has 0 amide bonds. The van der Waals surface area contributed by atoms with Crippen LogP contribution in [-0.4, -0.2) is 28.1 Å². The number of hydrogen-bond donors (Lipinski definition) is 0. The molecule has 3 aromatic rings. The van der Waals surface area contributed by atoms with E-state index in [2.05, 4.69) is 5.10 Å². The lowest BCUT2D eigenvalue weighted by Gasteiger charge is -2.09. The van der Waals surface area contributed by atoms with Gasteiger partial charge in [-0.2, -0.15) is 18.3 Å². The Balaban J connectivity index is 1.82. The minimum absolute atomic E-state index is 0.172. The monoisotopic (exact) mass is 390 g/mol. The lowest BCUT2D eigenvalue weighted by atomic mass is 10.1. The fraction of sp³-hybridized carbons (Fsp3) is 0.158. The Morgan fingerprint density at radius 1 is 1.07 bits per heavy atom. The normalized spacial score (nSPS) is 11.4. The number of carbonyl (C=O) groups is 2. The second-order valence-corrected chi connectivity index (χ2v) is 5.90. The van der Waals surface area contributed by atoms with Crippen LogP contribution in [0.4, 0.5) is 13.2 Å². The molecular weight excluding hydrogens is 377 g/mol. The molecule has 0 atom stereocenters. The van der Waals surface area contributed by atoms with Crippen LogP contribution in [0.1, 0.15) is 26.4 Å². The zero-order chi connectivity index (χ0) is 20.5. The molecule has 0 unspecified atom stereocenters. The van der Waals surface area contributed by atoms with Gasteiger partial charge in [-0.1, -0.05) is 30.3 Å². The fourth-order valence-electron chi connectivity index (χ4n) is 2.60. The molecule has 6 nitrogen and oxygen atoms in total. The second kappa shape index (κ2) is 7.26. The van der Waals surface area contributed by atoms with Crippen molar-refractivity contribution in [3.8, 4) is 0 Å². The lowest BCUT2D eigenvalue weighted by Crippen LogP contribution is -2.24. The molecule has 3 rings (SSSR count). The van der Waals surface area contributed by atoms with Gasteiger partial charge in [0.05, 0.1) is 10.9 Å². The number of hydrogen-bond acceptors (Lipinski definition) is 5. The van der Waals surface area contributed by atoms with Gasteiger partial charge in [-0.3, -0.25) is 9.59 Å². The van der Waals surface area contributed by atoms with Crippen molar-refractivity contribution in [2.24, 2.45) is 7.05 Å². The van der Waals surface area contributed by atoms with Crippen molar-refractivity contribution in [2.75, 3.05) is 6.61 Å². The van der Waals surface area contributed by atoms with Crippen LogP contribution in [0, 0.1) is 0 Å². The molecule has 9 heteroatoms. The molecule has 0 saturated heterocycles. The summed E-state index contributed by atoms with van der Waals surface area (Å²) in [5, 5.41) is 4.37. The molecule has 0 spiro atoms. The average molecular weight is 390 g/mol. The summed E-state index contributed by atoms with van der Waals surface area (Å²) in [5.74, 6) is -1.76. The van der Waals surface area contributed by atoms with E-state index in [1.807, 2.05) is 0 Å². The zero-order valence-corrected chi connectivity index (χ0v) is 14.5. The first-order valence-corrected chi connectivity index (χ1v) is 8.02. The van der Waals surface area contributed by atoms with Crippen molar-refractivity contribution in [1.29, 1.82) is 0 Å². The SMILES string of the molecule is Cn1nc(C(=O)OCC(=O)c2cccc(C(F)(F)F)c2)c2ccccc2c1=O. The number of esters is 1. The molecule has 0 aliphatic heterocycles. The average Bonchev–Trinajstić information content (AvgIpc) is 2.68. The number of nitrogens with zero attached hydrogens (tertiary/aromatic N) is 2. The number of ether oxygens (including phenoxy) is 1. The Labute approximate surface area is 156 Å². The smallest absolute Gasteiger partial charge is 0.416 e. The molecule has 144 valence electrons. The Hall–Kier alpha value is -3.49. The molecule has 0 aliphatic carbocycles. The number of halogens is 3. The molecule has 28 heavy (non-hydrogen) atoms. The highest BCUT2D eigenvalue weighted by atomic mass is 19.4. The van der Waals surface area contributed by atoms with Crippen LogP contribution in [0.3, 0.4) is 0 Å². The molecule has 2 aromatic carbocycles. The first-order chi connectivity index (χ1) is 13.2. The van der Waals surface area contributed by atoms with Gasteiger partial charge in [-0.15, -0.1) is 0 Å². The number of rotatable bonds is 4. The number of fused-ring (bicyclic) bond motifs is 1. The summed E-state index contributed by atoms with van der Waals surface area (Å²) >= 11 is 0. The first kappa shape index (κ1) is 19.3. The minimum Gasteiger partial charge on any atom is -0.452 e. The van der Waals surface area contributed by atoms with Crippen LogP contribution in [0.2, 0.25) is 0 Å². The summed E-state index contributed by atoms with van der Waals surface area (Å²) < 4.78 is 44.1. The predicted molar refractivity (Wildman–Crippen MR) is 93.0 cm³/mol. The maximum Gasteiger partial charge on any atom is 0.416 e. The summed E-state index contributed by atoms with van der Waals surface area (Å²) in [6, 6.07) is 10.1. The predicted octanol–water partition coefficient (Wildman–Crippen LogP) is 2.99. The summed E-state index contributed by atoms with van der Waals surface area (Å²) in [5.41, 5.74) is -1.79. The van der Waals surface area contributed by atoms with Gasteiger partial charge < -0.3 is 4.74 Å². The molecule has 0 saturated carbocycles. The number of aryl methyl sites for hydroxylation is 1. The fourth-order valence-corrected chi connectivity index (χ4v) is 2.60. The third kappa shape index (κ3) is 3.78. The maximum absolute atomic E-state index is 12.8. The van der Waals surface area contributed by atoms with Crippen LogP contribution in [0.5, 0.6) is 0 Å². The van der Waals surface area contributed by atoms with E-state index in [4.69, 9.17) is 4.74 Å². The van der Waals surface area contributed by atoms with Crippen molar-refractivity contribution >= 4 is 22.5 Å². The maximum atomic E-state index is 12.8. The van der Waals surface area contributed by atoms with Gasteiger partial charge in [0, 0.05) is 18.0 Å². The van der Waals surface area contributed by atoms with Crippen LogP contribution >= 0.6 is 0 Å². The molecular formula is C19H13F3N2O4. The van der Waals surface area contributed by atoms with Crippen molar-refractivity contribution < 1.29 is 27.5 Å². The first-order valence-electron chi connectivity index (χ1n) is 8.02. The van der Waals surface area contributed by atoms with E-state index in [0.29, 0.717) is 6.07 Å². The number of ketones is 1. The standard InChI is InChI=1S/C19H13F3N2O4/c1-24-17(26)14-8-3-2-7-13(14)16(23-24)18(27)28-10-15(25)11-5-4-6-12(9-11)19(20,21)22/h2-9H,10H2,1H3. The largest absolute Gasteiger partial charge is 0.452 e. The van der Waals surface area contributed by atoms with Crippen LogP contribution in [0.15, 0.2) is 53.3 Å². The number of benzene rings is 2. The van der Waals surface area contributed by atoms with Crippen molar-refractivity contribution in [3.05, 3.63) is 75.7 Å². The zero-order valence-electron chi connectivity index (χ0n) is 14.5. The number of alkyl halides is 3. The molecule has 1 aromatic heterocycles. The molecule has 0 aliphatic rings. The Morgan fingerprint density at radius 3 is 2.43 bits per heavy atom.